The van der Waals surface area contributed by atoms with E-state index in [1.807, 2.05) is 25.1 Å². The summed E-state index contributed by atoms with van der Waals surface area (Å²) in [7, 11) is 0. The molecule has 0 amide bonds. The molecule has 0 fully saturated rings. The van der Waals surface area contributed by atoms with Gasteiger partial charge in [-0.15, -0.1) is 0 Å². The molecule has 1 atom stereocenters. The lowest BCUT2D eigenvalue weighted by atomic mass is 9.92. The van der Waals surface area contributed by atoms with Crippen LogP contribution in [0.1, 0.15) is 35.1 Å². The van der Waals surface area contributed by atoms with E-state index in [0.717, 1.165) is 21.5 Å². The average molecular weight is 378 g/mol. The van der Waals surface area contributed by atoms with Gasteiger partial charge in [0.05, 0.1) is 18.2 Å². The number of rotatable bonds is 4. The van der Waals surface area contributed by atoms with Crippen molar-refractivity contribution in [2.45, 2.75) is 25.3 Å². The van der Waals surface area contributed by atoms with Crippen molar-refractivity contribution < 1.29 is 9.21 Å². The number of nitrogens with zero attached hydrogens (tertiary/aromatic N) is 3. The van der Waals surface area contributed by atoms with Gasteiger partial charge in [-0.3, -0.25) is 9.78 Å². The van der Waals surface area contributed by atoms with Gasteiger partial charge in [-0.05, 0) is 41.7 Å². The first-order valence-electron chi connectivity index (χ1n) is 8.46. The third kappa shape index (κ3) is 3.50. The number of aromatic nitrogens is 2. The summed E-state index contributed by atoms with van der Waals surface area (Å²) in [5, 5.41) is 1.34. The second-order valence-electron chi connectivity index (χ2n) is 6.72. The van der Waals surface area contributed by atoms with Crippen LogP contribution in [0.2, 0.25) is 0 Å². The zero-order valence-electron chi connectivity index (χ0n) is 14.8. The quantitative estimate of drug-likeness (QED) is 0.694. The molecule has 1 aliphatic heterocycles. The number of pyridine rings is 2. The van der Waals surface area contributed by atoms with Crippen LogP contribution in [0, 0.1) is 0 Å². The smallest absolute Gasteiger partial charge is 0.185 e. The molecule has 6 nitrogen and oxygen atoms in total. The van der Waals surface area contributed by atoms with Crippen molar-refractivity contribution in [3.05, 3.63) is 71.4 Å². The highest BCUT2D eigenvalue weighted by atomic mass is 32.2. The molecular weight excluding hydrogens is 360 g/mol. The minimum Gasteiger partial charge on any atom is -0.463 e. The highest BCUT2D eigenvalue weighted by Gasteiger charge is 2.32. The van der Waals surface area contributed by atoms with Crippen molar-refractivity contribution in [2.24, 2.45) is 10.7 Å². The topological polar surface area (TPSA) is 94.4 Å². The van der Waals surface area contributed by atoms with Gasteiger partial charge in [0.25, 0.3) is 0 Å². The number of nitrogens with two attached hydrogens (primary N) is 1. The van der Waals surface area contributed by atoms with Gasteiger partial charge in [0.15, 0.2) is 16.5 Å². The van der Waals surface area contributed by atoms with Crippen molar-refractivity contribution >= 4 is 33.7 Å². The first kappa shape index (κ1) is 17.5. The second-order valence-corrected chi connectivity index (χ2v) is 7.92. The highest BCUT2D eigenvalue weighted by molar-refractivity contribution is 8.17. The molecule has 3 aromatic rings. The summed E-state index contributed by atoms with van der Waals surface area (Å²) in [6, 6.07) is 7.31. The third-order valence-corrected chi connectivity index (χ3v) is 5.25. The molecule has 0 aromatic carbocycles. The molecule has 0 aliphatic carbocycles. The maximum Gasteiger partial charge on any atom is 0.185 e. The summed E-state index contributed by atoms with van der Waals surface area (Å²) in [5.74, 6) is -0.0629. The first-order valence-corrected chi connectivity index (χ1v) is 9.27. The third-order valence-electron chi connectivity index (χ3n) is 4.51. The normalized spacial score (nSPS) is 19.9. The van der Waals surface area contributed by atoms with Gasteiger partial charge in [-0.25, -0.2) is 9.98 Å². The van der Waals surface area contributed by atoms with Gasteiger partial charge in [0.2, 0.25) is 0 Å². The minimum atomic E-state index is -0.570. The number of furan rings is 1. The van der Waals surface area contributed by atoms with Crippen molar-refractivity contribution in [3.8, 4) is 0 Å². The Morgan fingerprint density at radius 1 is 1.37 bits per heavy atom. The molecule has 4 rings (SSSR count). The van der Waals surface area contributed by atoms with Crippen LogP contribution in [0.15, 0.2) is 63.8 Å². The Hall–Kier alpha value is -2.93. The summed E-state index contributed by atoms with van der Waals surface area (Å²) in [6.45, 7) is 6.00. The maximum atomic E-state index is 12.7. The Balaban J connectivity index is 1.60. The molecule has 0 saturated heterocycles. The summed E-state index contributed by atoms with van der Waals surface area (Å²) < 4.78 is 5.27. The van der Waals surface area contributed by atoms with Crippen molar-refractivity contribution in [1.82, 2.24) is 9.97 Å². The van der Waals surface area contributed by atoms with E-state index in [0.29, 0.717) is 22.9 Å². The number of ketones is 1. The van der Waals surface area contributed by atoms with Crippen molar-refractivity contribution in [1.29, 1.82) is 0 Å². The van der Waals surface area contributed by atoms with Crippen LogP contribution in [0.3, 0.4) is 0 Å². The van der Waals surface area contributed by atoms with Crippen LogP contribution in [0.25, 0.3) is 11.0 Å². The summed E-state index contributed by atoms with van der Waals surface area (Å²) in [4.78, 5) is 26.9. The first-order chi connectivity index (χ1) is 12.9. The lowest BCUT2D eigenvalue weighted by Crippen LogP contribution is -2.28. The molecule has 4 heterocycles. The Kier molecular flexibility index (Phi) is 4.31. The van der Waals surface area contributed by atoms with Crippen LogP contribution in [-0.4, -0.2) is 20.9 Å². The van der Waals surface area contributed by atoms with Gasteiger partial charge < -0.3 is 10.2 Å². The molecule has 27 heavy (non-hydrogen) atoms. The molecule has 0 unspecified atom stereocenters. The number of carbonyl (C=O) groups is 1. The number of hydrogen-bond donors (Lipinski definition) is 1. The number of fused-ring (bicyclic) bond motifs is 1. The van der Waals surface area contributed by atoms with Gasteiger partial charge in [0.1, 0.15) is 11.2 Å². The Morgan fingerprint density at radius 2 is 2.22 bits per heavy atom. The fraction of sp³-hybridized carbons (Fsp3) is 0.200. The molecular formula is C20H18N4O2S. The van der Waals surface area contributed by atoms with Gasteiger partial charge in [0, 0.05) is 24.4 Å². The van der Waals surface area contributed by atoms with Crippen LogP contribution >= 0.6 is 11.8 Å². The lowest BCUT2D eigenvalue weighted by molar-refractivity contribution is 0.0988. The largest absolute Gasteiger partial charge is 0.463 e. The van der Waals surface area contributed by atoms with Gasteiger partial charge in [-0.1, -0.05) is 18.3 Å². The predicted octanol–water partition coefficient (Wildman–Crippen LogP) is 3.83. The number of Topliss-reactive ketones (excluding diaryl/α,β-unsaturated/α-hetero) is 1. The SMILES string of the molecule is C=C1C[C@@](C)(c2cc(CC(=O)c3cc4ccoc4cn3)ccn2)N=C(N)S1. The number of hydrogen-bond acceptors (Lipinski definition) is 7. The van der Waals surface area contributed by atoms with Crippen LogP contribution in [0.5, 0.6) is 0 Å². The average Bonchev–Trinajstić information content (AvgIpc) is 3.08. The number of carbonyl (C=O) groups excluding carboxylic acids is 1. The highest BCUT2D eigenvalue weighted by Crippen LogP contribution is 2.39. The van der Waals surface area contributed by atoms with E-state index >= 15 is 0 Å². The van der Waals surface area contributed by atoms with Gasteiger partial charge in [-0.2, -0.15) is 0 Å². The minimum absolute atomic E-state index is 0.0629. The fourth-order valence-corrected chi connectivity index (χ4v) is 4.09. The van der Waals surface area contributed by atoms with E-state index in [1.165, 1.54) is 11.8 Å². The number of thioether (sulfide) groups is 1. The molecule has 7 heteroatoms. The van der Waals surface area contributed by atoms with Crippen LogP contribution < -0.4 is 5.73 Å². The lowest BCUT2D eigenvalue weighted by Gasteiger charge is -2.30. The Labute approximate surface area is 160 Å². The van der Waals surface area contributed by atoms with E-state index in [2.05, 4.69) is 21.5 Å². The molecule has 136 valence electrons. The summed E-state index contributed by atoms with van der Waals surface area (Å²) >= 11 is 1.39. The molecule has 0 bridgehead atoms. The van der Waals surface area contributed by atoms with Crippen LogP contribution in [0.4, 0.5) is 0 Å². The molecule has 0 radical (unpaired) electrons. The Morgan fingerprint density at radius 3 is 3.04 bits per heavy atom. The number of amidine groups is 1. The van der Waals surface area contributed by atoms with E-state index in [-0.39, 0.29) is 12.2 Å². The monoisotopic (exact) mass is 378 g/mol. The molecule has 3 aromatic heterocycles. The zero-order chi connectivity index (χ0) is 19.0. The fourth-order valence-electron chi connectivity index (χ4n) is 3.20. The molecule has 2 N–H and O–H groups in total. The summed E-state index contributed by atoms with van der Waals surface area (Å²) in [6.07, 6.45) is 5.74. The van der Waals surface area contributed by atoms with Gasteiger partial charge >= 0.3 is 0 Å². The van der Waals surface area contributed by atoms with E-state index in [4.69, 9.17) is 10.2 Å². The van der Waals surface area contributed by atoms with Crippen molar-refractivity contribution in [2.75, 3.05) is 0 Å². The number of aliphatic imine (C=N–C) groups is 1. The Bertz CT molecular complexity index is 1090. The molecule has 0 spiro atoms. The zero-order valence-corrected chi connectivity index (χ0v) is 15.6. The second kappa shape index (κ2) is 6.66. The van der Waals surface area contributed by atoms with Crippen LogP contribution in [-0.2, 0) is 12.0 Å². The van der Waals surface area contributed by atoms with E-state index in [9.17, 15) is 4.79 Å². The maximum absolute atomic E-state index is 12.7. The van der Waals surface area contributed by atoms with Crippen molar-refractivity contribution in [3.63, 3.8) is 0 Å². The summed E-state index contributed by atoms with van der Waals surface area (Å²) in [5.41, 5.74) is 8.06. The standard InChI is InChI=1S/C20H18N4O2S/c1-12-10-20(2,24-19(21)27-12)18-8-13(3-5-22-18)7-16(25)15-9-14-4-6-26-17(14)11-23-15/h3-6,8-9,11H,1,7,10H2,2H3,(H2,21,24)/t20-/m0/s1. The predicted molar refractivity (Wildman–Crippen MR) is 107 cm³/mol. The molecule has 1 aliphatic rings. The van der Waals surface area contributed by atoms with E-state index in [1.54, 1.807) is 24.7 Å². The van der Waals surface area contributed by atoms with E-state index < -0.39 is 5.54 Å². The molecule has 0 saturated carbocycles.